The van der Waals surface area contributed by atoms with Crippen LogP contribution in [0.15, 0.2) is 17.0 Å². The molecule has 1 aromatic carbocycles. The first-order chi connectivity index (χ1) is 8.47. The highest BCUT2D eigenvalue weighted by Crippen LogP contribution is 2.32. The third-order valence-corrected chi connectivity index (χ3v) is 5.02. The number of alkyl halides is 3. The van der Waals surface area contributed by atoms with E-state index in [-0.39, 0.29) is 10.0 Å². The van der Waals surface area contributed by atoms with Gasteiger partial charge in [-0.3, -0.25) is 0 Å². The van der Waals surface area contributed by atoms with Gasteiger partial charge in [0.25, 0.3) is 0 Å². The fraction of sp³-hybridized carbons (Fsp3) is 0.400. The Morgan fingerprint density at radius 2 is 1.74 bits per heavy atom. The van der Waals surface area contributed by atoms with Gasteiger partial charge in [-0.25, -0.2) is 8.42 Å². The first-order valence-electron chi connectivity index (χ1n) is 5.00. The fourth-order valence-electron chi connectivity index (χ4n) is 1.20. The van der Waals surface area contributed by atoms with Gasteiger partial charge < -0.3 is 0 Å². The van der Waals surface area contributed by atoms with Crippen molar-refractivity contribution >= 4 is 33.2 Å². The zero-order valence-corrected chi connectivity index (χ0v) is 12.2. The Balaban J connectivity index is 3.19. The lowest BCUT2D eigenvalue weighted by atomic mass is 10.2. The van der Waals surface area contributed by atoms with Crippen LogP contribution >= 0.6 is 23.2 Å². The smallest absolute Gasteiger partial charge is 0.207 e. The molecule has 1 atom stereocenters. The summed E-state index contributed by atoms with van der Waals surface area (Å²) in [7, 11) is -4.40. The molecule has 0 heterocycles. The van der Waals surface area contributed by atoms with Gasteiger partial charge in [0, 0.05) is 0 Å². The van der Waals surface area contributed by atoms with E-state index in [1.165, 1.54) is 10.8 Å². The molecular weight excluding hydrogens is 326 g/mol. The largest absolute Gasteiger partial charge is 0.404 e. The molecule has 0 fully saturated rings. The third kappa shape index (κ3) is 3.75. The predicted molar refractivity (Wildman–Crippen MR) is 67.0 cm³/mol. The summed E-state index contributed by atoms with van der Waals surface area (Å²) in [6, 6.07) is 0.240. The van der Waals surface area contributed by atoms with Gasteiger partial charge in [-0.15, -0.1) is 0 Å². The van der Waals surface area contributed by atoms with Crippen molar-refractivity contribution < 1.29 is 21.6 Å². The molecule has 0 aliphatic carbocycles. The molecule has 108 valence electrons. The summed E-state index contributed by atoms with van der Waals surface area (Å²) in [5.74, 6) is 0. The van der Waals surface area contributed by atoms with E-state index < -0.39 is 27.1 Å². The molecule has 0 saturated heterocycles. The van der Waals surface area contributed by atoms with Gasteiger partial charge in [0.15, 0.2) is 0 Å². The number of hydrogen-bond donors (Lipinski definition) is 1. The maximum Gasteiger partial charge on any atom is 0.404 e. The van der Waals surface area contributed by atoms with E-state index in [9.17, 15) is 21.6 Å². The van der Waals surface area contributed by atoms with Crippen molar-refractivity contribution in [2.75, 3.05) is 0 Å². The Hall–Kier alpha value is -0.500. The summed E-state index contributed by atoms with van der Waals surface area (Å²) in [6.07, 6.45) is -4.69. The van der Waals surface area contributed by atoms with E-state index in [2.05, 4.69) is 0 Å². The zero-order valence-electron chi connectivity index (χ0n) is 9.85. The SMILES string of the molecule is Cc1ccc(S(=O)(=O)N[C@@H](C)C(F)(F)F)c(Cl)c1Cl. The summed E-state index contributed by atoms with van der Waals surface area (Å²) in [5, 5.41) is -0.312. The minimum atomic E-state index is -4.69. The molecule has 0 aliphatic heterocycles. The minimum Gasteiger partial charge on any atom is -0.207 e. The van der Waals surface area contributed by atoms with Crippen molar-refractivity contribution in [3.05, 3.63) is 27.7 Å². The standard InChI is InChI=1S/C10H10Cl2F3NO2S/c1-5-3-4-7(9(12)8(5)11)19(17,18)16-6(2)10(13,14)15/h3-4,6,16H,1-2H3/t6-/m0/s1. The Labute approximate surface area is 118 Å². The molecule has 0 bridgehead atoms. The lowest BCUT2D eigenvalue weighted by Crippen LogP contribution is -2.43. The van der Waals surface area contributed by atoms with Crippen LogP contribution in [0.3, 0.4) is 0 Å². The highest BCUT2D eigenvalue weighted by molar-refractivity contribution is 7.89. The summed E-state index contributed by atoms with van der Waals surface area (Å²) < 4.78 is 62.2. The van der Waals surface area contributed by atoms with E-state index in [4.69, 9.17) is 23.2 Å². The van der Waals surface area contributed by atoms with Crippen LogP contribution in [0.25, 0.3) is 0 Å². The van der Waals surface area contributed by atoms with Crippen LogP contribution in [-0.4, -0.2) is 20.6 Å². The average molecular weight is 336 g/mol. The molecule has 1 N–H and O–H groups in total. The first kappa shape index (κ1) is 16.6. The lowest BCUT2D eigenvalue weighted by Gasteiger charge is -2.18. The molecule has 1 aromatic rings. The van der Waals surface area contributed by atoms with Crippen molar-refractivity contribution in [3.8, 4) is 0 Å². The topological polar surface area (TPSA) is 46.2 Å². The van der Waals surface area contributed by atoms with Crippen molar-refractivity contribution in [1.82, 2.24) is 4.72 Å². The van der Waals surface area contributed by atoms with E-state index >= 15 is 0 Å². The fourth-order valence-corrected chi connectivity index (χ4v) is 3.25. The van der Waals surface area contributed by atoms with Gasteiger partial charge in [0.1, 0.15) is 10.9 Å². The molecule has 19 heavy (non-hydrogen) atoms. The van der Waals surface area contributed by atoms with E-state index in [0.717, 1.165) is 6.07 Å². The second-order valence-corrected chi connectivity index (χ2v) is 6.33. The van der Waals surface area contributed by atoms with Crippen LogP contribution < -0.4 is 4.72 Å². The normalized spacial score (nSPS) is 14.5. The Morgan fingerprint density at radius 1 is 1.21 bits per heavy atom. The second kappa shape index (κ2) is 5.47. The maximum atomic E-state index is 12.4. The lowest BCUT2D eigenvalue weighted by molar-refractivity contribution is -0.147. The monoisotopic (exact) mass is 335 g/mol. The molecule has 0 aliphatic rings. The Bertz CT molecular complexity index is 587. The highest BCUT2D eigenvalue weighted by Gasteiger charge is 2.39. The first-order valence-corrected chi connectivity index (χ1v) is 7.24. The number of aryl methyl sites for hydroxylation is 1. The van der Waals surface area contributed by atoms with Crippen molar-refractivity contribution in [2.24, 2.45) is 0 Å². The Morgan fingerprint density at radius 3 is 2.21 bits per heavy atom. The number of hydrogen-bond acceptors (Lipinski definition) is 2. The van der Waals surface area contributed by atoms with Gasteiger partial charge in [-0.05, 0) is 25.5 Å². The molecule has 3 nitrogen and oxygen atoms in total. The van der Waals surface area contributed by atoms with Crippen molar-refractivity contribution in [3.63, 3.8) is 0 Å². The predicted octanol–water partition coefficient (Wildman–Crippen LogP) is 3.53. The average Bonchev–Trinajstić information content (AvgIpc) is 2.23. The van der Waals surface area contributed by atoms with E-state index in [0.29, 0.717) is 12.5 Å². The molecular formula is C10H10Cl2F3NO2S. The van der Waals surface area contributed by atoms with Crippen LogP contribution in [0.2, 0.25) is 10.0 Å². The molecule has 1 rings (SSSR count). The highest BCUT2D eigenvalue weighted by atomic mass is 35.5. The van der Waals surface area contributed by atoms with Gasteiger partial charge in [-0.1, -0.05) is 29.3 Å². The zero-order chi connectivity index (χ0) is 15.0. The molecule has 0 unspecified atom stereocenters. The van der Waals surface area contributed by atoms with E-state index in [1.54, 1.807) is 6.92 Å². The number of rotatable bonds is 3. The summed E-state index contributed by atoms with van der Waals surface area (Å²) in [4.78, 5) is -0.485. The minimum absolute atomic E-state index is 0.01000. The number of nitrogens with one attached hydrogen (secondary N) is 1. The van der Waals surface area contributed by atoms with Gasteiger partial charge in [-0.2, -0.15) is 17.9 Å². The molecule has 9 heteroatoms. The van der Waals surface area contributed by atoms with Crippen LogP contribution in [0, 0.1) is 6.92 Å². The summed E-state index contributed by atoms with van der Waals surface area (Å²) in [6.45, 7) is 2.29. The number of benzene rings is 1. The number of sulfonamides is 1. The van der Waals surface area contributed by atoms with Gasteiger partial charge in [0.05, 0.1) is 10.0 Å². The van der Waals surface area contributed by atoms with Gasteiger partial charge >= 0.3 is 6.18 Å². The van der Waals surface area contributed by atoms with Gasteiger partial charge in [0.2, 0.25) is 10.0 Å². The summed E-state index contributed by atoms with van der Waals surface area (Å²) in [5.41, 5.74) is 0.523. The molecule has 0 saturated carbocycles. The maximum absolute atomic E-state index is 12.4. The molecule has 0 amide bonds. The number of halogens is 5. The van der Waals surface area contributed by atoms with Crippen LogP contribution in [-0.2, 0) is 10.0 Å². The molecule has 0 spiro atoms. The molecule has 0 aromatic heterocycles. The second-order valence-electron chi connectivity index (χ2n) is 3.89. The quantitative estimate of drug-likeness (QED) is 0.918. The Kier molecular flexibility index (Phi) is 4.77. The van der Waals surface area contributed by atoms with Crippen molar-refractivity contribution in [1.29, 1.82) is 0 Å². The van der Waals surface area contributed by atoms with Crippen molar-refractivity contribution in [2.45, 2.75) is 31.0 Å². The third-order valence-electron chi connectivity index (χ3n) is 2.35. The van der Waals surface area contributed by atoms with Crippen LogP contribution in [0.5, 0.6) is 0 Å². The van der Waals surface area contributed by atoms with Crippen LogP contribution in [0.4, 0.5) is 13.2 Å². The van der Waals surface area contributed by atoms with Crippen LogP contribution in [0.1, 0.15) is 12.5 Å². The molecule has 0 radical (unpaired) electrons. The summed E-state index contributed by atoms with van der Waals surface area (Å²) >= 11 is 11.5. The van der Waals surface area contributed by atoms with E-state index in [1.807, 2.05) is 0 Å².